The second-order valence-corrected chi connectivity index (χ2v) is 6.37. The first-order valence-electron chi connectivity index (χ1n) is 8.37. The molecular weight excluding hydrogens is 326 g/mol. The van der Waals surface area contributed by atoms with Gasteiger partial charge in [0.1, 0.15) is 5.75 Å². The van der Waals surface area contributed by atoms with Gasteiger partial charge in [-0.3, -0.25) is 4.90 Å². The Hall–Kier alpha value is -1.52. The van der Waals surface area contributed by atoms with Crippen LogP contribution in [0.4, 0.5) is 0 Å². The van der Waals surface area contributed by atoms with Crippen molar-refractivity contribution >= 4 is 18.4 Å². The minimum atomic E-state index is -0.189. The van der Waals surface area contributed by atoms with Crippen molar-refractivity contribution in [3.63, 3.8) is 0 Å². The molecule has 3 rings (SSSR count). The first kappa shape index (κ1) is 18.8. The van der Waals surface area contributed by atoms with E-state index in [2.05, 4.69) is 23.1 Å². The third kappa shape index (κ3) is 4.11. The van der Waals surface area contributed by atoms with Gasteiger partial charge in [0, 0.05) is 18.7 Å². The van der Waals surface area contributed by atoms with Crippen LogP contribution >= 0.6 is 12.4 Å². The van der Waals surface area contributed by atoms with Gasteiger partial charge in [0.05, 0.1) is 14.2 Å². The SMILES string of the molecule is COC(=O)C1=CCCN(CCC2CCc3ccc(OC)cc32)C1.Cl. The molecule has 4 nitrogen and oxygen atoms in total. The number of benzene rings is 1. The van der Waals surface area contributed by atoms with Crippen LogP contribution in [0.3, 0.4) is 0 Å². The number of carbonyl (C=O) groups is 1. The highest BCUT2D eigenvalue weighted by Gasteiger charge is 2.25. The third-order valence-corrected chi connectivity index (χ3v) is 5.03. The van der Waals surface area contributed by atoms with Crippen molar-refractivity contribution in [1.82, 2.24) is 4.90 Å². The lowest BCUT2D eigenvalue weighted by atomic mass is 9.97. The predicted molar refractivity (Wildman–Crippen MR) is 97.1 cm³/mol. The average molecular weight is 352 g/mol. The molecule has 1 atom stereocenters. The topological polar surface area (TPSA) is 38.8 Å². The number of carbonyl (C=O) groups excluding carboxylic acids is 1. The van der Waals surface area contributed by atoms with Gasteiger partial charge >= 0.3 is 5.97 Å². The van der Waals surface area contributed by atoms with Crippen molar-refractivity contribution in [3.05, 3.63) is 41.0 Å². The third-order valence-electron chi connectivity index (χ3n) is 5.03. The van der Waals surface area contributed by atoms with E-state index in [9.17, 15) is 4.79 Å². The maximum atomic E-state index is 11.7. The first-order valence-corrected chi connectivity index (χ1v) is 8.37. The normalized spacial score (nSPS) is 19.9. The number of ether oxygens (including phenoxy) is 2. The molecule has 1 aliphatic carbocycles. The minimum Gasteiger partial charge on any atom is -0.497 e. The Morgan fingerprint density at radius 3 is 2.92 bits per heavy atom. The molecule has 5 heteroatoms. The molecule has 1 aromatic carbocycles. The zero-order valence-corrected chi connectivity index (χ0v) is 15.2. The van der Waals surface area contributed by atoms with Crippen LogP contribution in [0.2, 0.25) is 0 Å². The summed E-state index contributed by atoms with van der Waals surface area (Å²) in [6, 6.07) is 6.45. The van der Waals surface area contributed by atoms with Crippen LogP contribution in [0.5, 0.6) is 5.75 Å². The summed E-state index contributed by atoms with van der Waals surface area (Å²) < 4.78 is 10.2. The number of esters is 1. The molecule has 0 bridgehead atoms. The van der Waals surface area contributed by atoms with Gasteiger partial charge in [-0.05, 0) is 61.4 Å². The lowest BCUT2D eigenvalue weighted by Gasteiger charge is -2.27. The lowest BCUT2D eigenvalue weighted by Crippen LogP contribution is -2.33. The number of nitrogens with zero attached hydrogens (tertiary/aromatic N) is 1. The number of fused-ring (bicyclic) bond motifs is 1. The van der Waals surface area contributed by atoms with Crippen molar-refractivity contribution < 1.29 is 14.3 Å². The minimum absolute atomic E-state index is 0. The van der Waals surface area contributed by atoms with Gasteiger partial charge in [0.15, 0.2) is 0 Å². The van der Waals surface area contributed by atoms with Gasteiger partial charge in [-0.15, -0.1) is 12.4 Å². The fraction of sp³-hybridized carbons (Fsp3) is 0.526. The highest BCUT2D eigenvalue weighted by atomic mass is 35.5. The molecule has 132 valence electrons. The number of rotatable bonds is 5. The summed E-state index contributed by atoms with van der Waals surface area (Å²) in [5, 5.41) is 0. The Balaban J connectivity index is 0.00000208. The zero-order valence-electron chi connectivity index (χ0n) is 14.4. The Labute approximate surface area is 150 Å². The maximum absolute atomic E-state index is 11.7. The molecule has 1 aromatic rings. The van der Waals surface area contributed by atoms with E-state index in [4.69, 9.17) is 9.47 Å². The molecule has 1 unspecified atom stereocenters. The van der Waals surface area contributed by atoms with Crippen molar-refractivity contribution in [3.8, 4) is 5.75 Å². The molecule has 0 radical (unpaired) electrons. The van der Waals surface area contributed by atoms with Crippen molar-refractivity contribution in [2.75, 3.05) is 33.9 Å². The van der Waals surface area contributed by atoms with E-state index in [0.717, 1.165) is 43.7 Å². The van der Waals surface area contributed by atoms with Crippen LogP contribution in [-0.4, -0.2) is 44.7 Å². The van der Waals surface area contributed by atoms with Gasteiger partial charge in [-0.2, -0.15) is 0 Å². The van der Waals surface area contributed by atoms with E-state index in [1.807, 2.05) is 6.08 Å². The molecule has 24 heavy (non-hydrogen) atoms. The van der Waals surface area contributed by atoms with Crippen LogP contribution in [0.1, 0.15) is 36.3 Å². The Morgan fingerprint density at radius 1 is 1.33 bits per heavy atom. The fourth-order valence-electron chi connectivity index (χ4n) is 3.71. The maximum Gasteiger partial charge on any atom is 0.334 e. The standard InChI is InChI=1S/C19H25NO3.ClH/c1-22-17-8-7-14-5-6-15(18(14)12-17)9-11-20-10-3-4-16(13-20)19(21)23-2;/h4,7-8,12,15H,3,5-6,9-11,13H2,1-2H3;1H. The van der Waals surface area contributed by atoms with E-state index in [1.165, 1.54) is 24.7 Å². The van der Waals surface area contributed by atoms with Crippen molar-refractivity contribution in [2.45, 2.75) is 31.6 Å². The molecule has 0 spiro atoms. The van der Waals surface area contributed by atoms with Gasteiger partial charge < -0.3 is 9.47 Å². The number of aryl methyl sites for hydroxylation is 1. The second-order valence-electron chi connectivity index (χ2n) is 6.37. The van der Waals surface area contributed by atoms with Crippen LogP contribution in [0, 0.1) is 0 Å². The highest BCUT2D eigenvalue weighted by Crippen LogP contribution is 2.37. The monoisotopic (exact) mass is 351 g/mol. The van der Waals surface area contributed by atoms with Crippen LogP contribution < -0.4 is 4.74 Å². The fourth-order valence-corrected chi connectivity index (χ4v) is 3.71. The summed E-state index contributed by atoms with van der Waals surface area (Å²) in [5.41, 5.74) is 3.71. The number of hydrogen-bond donors (Lipinski definition) is 0. The number of methoxy groups -OCH3 is 2. The molecule has 0 N–H and O–H groups in total. The lowest BCUT2D eigenvalue weighted by molar-refractivity contribution is -0.136. The summed E-state index contributed by atoms with van der Waals surface area (Å²) in [6.07, 6.45) is 6.46. The highest BCUT2D eigenvalue weighted by molar-refractivity contribution is 5.88. The largest absolute Gasteiger partial charge is 0.497 e. The summed E-state index contributed by atoms with van der Waals surface area (Å²) in [5.74, 6) is 1.36. The molecule has 0 amide bonds. The Morgan fingerprint density at radius 2 is 2.17 bits per heavy atom. The molecule has 0 saturated heterocycles. The van der Waals surface area contributed by atoms with Gasteiger partial charge in [-0.25, -0.2) is 4.79 Å². The second kappa shape index (κ2) is 8.54. The molecule has 1 heterocycles. The van der Waals surface area contributed by atoms with Gasteiger partial charge in [0.25, 0.3) is 0 Å². The molecule has 1 aliphatic heterocycles. The van der Waals surface area contributed by atoms with Gasteiger partial charge in [0.2, 0.25) is 0 Å². The number of hydrogen-bond acceptors (Lipinski definition) is 4. The van der Waals surface area contributed by atoms with Crippen molar-refractivity contribution in [1.29, 1.82) is 0 Å². The van der Waals surface area contributed by atoms with E-state index >= 15 is 0 Å². The van der Waals surface area contributed by atoms with Crippen LogP contribution in [0.25, 0.3) is 0 Å². The predicted octanol–water partition coefficient (Wildman–Crippen LogP) is 3.34. The van der Waals surface area contributed by atoms with Gasteiger partial charge in [-0.1, -0.05) is 12.1 Å². The van der Waals surface area contributed by atoms with Crippen molar-refractivity contribution in [2.24, 2.45) is 0 Å². The zero-order chi connectivity index (χ0) is 16.2. The summed E-state index contributed by atoms with van der Waals surface area (Å²) in [6.45, 7) is 2.76. The van der Waals surface area contributed by atoms with E-state index in [-0.39, 0.29) is 18.4 Å². The molecule has 0 saturated carbocycles. The Kier molecular flexibility index (Phi) is 6.69. The van der Waals surface area contributed by atoms with Crippen LogP contribution in [-0.2, 0) is 16.0 Å². The van der Waals surface area contributed by atoms with E-state index in [1.54, 1.807) is 7.11 Å². The smallest absolute Gasteiger partial charge is 0.334 e. The average Bonchev–Trinajstić information content (AvgIpc) is 3.01. The summed E-state index contributed by atoms with van der Waals surface area (Å²) >= 11 is 0. The summed E-state index contributed by atoms with van der Waals surface area (Å²) in [4.78, 5) is 14.0. The summed E-state index contributed by atoms with van der Waals surface area (Å²) in [7, 11) is 3.17. The number of halogens is 1. The van der Waals surface area contributed by atoms with E-state index in [0.29, 0.717) is 12.5 Å². The molecule has 0 fully saturated rings. The molecule has 2 aliphatic rings. The Bertz CT molecular complexity index is 615. The molecule has 0 aromatic heterocycles. The molecular formula is C19H26ClNO3. The van der Waals surface area contributed by atoms with E-state index < -0.39 is 0 Å². The first-order chi connectivity index (χ1) is 11.2. The quantitative estimate of drug-likeness (QED) is 0.763. The van der Waals surface area contributed by atoms with Crippen LogP contribution in [0.15, 0.2) is 29.8 Å².